The molecule has 0 aromatic rings. The van der Waals surface area contributed by atoms with Gasteiger partial charge in [-0.25, -0.2) is 0 Å². The van der Waals surface area contributed by atoms with Crippen molar-refractivity contribution < 1.29 is 14.4 Å². The average molecular weight is 149 g/mol. The lowest BCUT2D eigenvalue weighted by Gasteiger charge is -2.35. The predicted molar refractivity (Wildman–Crippen MR) is 28.6 cm³/mol. The van der Waals surface area contributed by atoms with Crippen LogP contribution in [0.3, 0.4) is 0 Å². The first-order valence-electron chi connectivity index (χ1n) is 2.86. The van der Waals surface area contributed by atoms with Gasteiger partial charge in [0.05, 0.1) is 0 Å². The number of nitrogens with one attached hydrogen (secondary N) is 1. The van der Waals surface area contributed by atoms with Crippen LogP contribution >= 0.6 is 7.60 Å². The lowest BCUT2D eigenvalue weighted by Crippen LogP contribution is -2.32. The Morgan fingerprint density at radius 2 is 2.22 bits per heavy atom. The molecule has 4 nitrogen and oxygen atoms in total. The molecular formula is C4H8NO3P-2. The van der Waals surface area contributed by atoms with E-state index in [1.807, 2.05) is 0 Å². The third-order valence-corrected chi connectivity index (χ3v) is 2.62. The van der Waals surface area contributed by atoms with Crippen LogP contribution in [0.2, 0.25) is 0 Å². The maximum absolute atomic E-state index is 10.2. The summed E-state index contributed by atoms with van der Waals surface area (Å²) < 4.78 is 10.2. The fourth-order valence-corrected chi connectivity index (χ4v) is 1.79. The molecule has 1 aliphatic heterocycles. The van der Waals surface area contributed by atoms with Crippen LogP contribution in [0.4, 0.5) is 0 Å². The van der Waals surface area contributed by atoms with Crippen molar-refractivity contribution >= 4 is 7.60 Å². The Balaban J connectivity index is 2.52. The van der Waals surface area contributed by atoms with E-state index in [4.69, 9.17) is 0 Å². The van der Waals surface area contributed by atoms with Crippen molar-refractivity contribution in [1.82, 2.24) is 5.32 Å². The zero-order valence-electron chi connectivity index (χ0n) is 4.87. The van der Waals surface area contributed by atoms with E-state index in [-0.39, 0.29) is 0 Å². The van der Waals surface area contributed by atoms with Gasteiger partial charge in [0.15, 0.2) is 0 Å². The van der Waals surface area contributed by atoms with E-state index in [0.717, 1.165) is 6.42 Å². The molecule has 0 radical (unpaired) electrons. The first kappa shape index (κ1) is 7.22. The van der Waals surface area contributed by atoms with E-state index in [0.29, 0.717) is 13.0 Å². The summed E-state index contributed by atoms with van der Waals surface area (Å²) >= 11 is 0. The molecule has 1 atom stereocenters. The maximum atomic E-state index is 10.2. The van der Waals surface area contributed by atoms with Gasteiger partial charge in [-0.3, -0.25) is 0 Å². The van der Waals surface area contributed by atoms with E-state index in [1.165, 1.54) is 0 Å². The van der Waals surface area contributed by atoms with Crippen molar-refractivity contribution in [2.75, 3.05) is 6.54 Å². The lowest BCUT2D eigenvalue weighted by atomic mass is 10.4. The minimum Gasteiger partial charge on any atom is -0.810 e. The second-order valence-corrected chi connectivity index (χ2v) is 3.86. The third-order valence-electron chi connectivity index (χ3n) is 1.42. The molecule has 1 rings (SSSR count). The highest BCUT2D eigenvalue weighted by molar-refractivity contribution is 7.49. The van der Waals surface area contributed by atoms with Crippen molar-refractivity contribution in [3.05, 3.63) is 0 Å². The summed E-state index contributed by atoms with van der Waals surface area (Å²) in [5.41, 5.74) is 0. The number of rotatable bonds is 1. The summed E-state index contributed by atoms with van der Waals surface area (Å²) in [5.74, 6) is -0.794. The molecule has 54 valence electrons. The van der Waals surface area contributed by atoms with Crippen molar-refractivity contribution in [3.8, 4) is 0 Å². The van der Waals surface area contributed by atoms with Crippen LogP contribution in [-0.2, 0) is 4.57 Å². The molecule has 1 saturated heterocycles. The average Bonchev–Trinajstić information content (AvgIpc) is 2.08. The highest BCUT2D eigenvalue weighted by Gasteiger charge is 2.16. The summed E-state index contributed by atoms with van der Waals surface area (Å²) in [7, 11) is -4.32. The molecule has 1 heterocycles. The molecule has 1 N–H and O–H groups in total. The van der Waals surface area contributed by atoms with Crippen LogP contribution in [-0.4, -0.2) is 12.3 Å². The molecule has 1 unspecified atom stereocenters. The summed E-state index contributed by atoms with van der Waals surface area (Å²) in [6.07, 6.45) is 1.27. The Morgan fingerprint density at radius 1 is 1.56 bits per heavy atom. The van der Waals surface area contributed by atoms with Crippen LogP contribution in [0.5, 0.6) is 0 Å². The van der Waals surface area contributed by atoms with Crippen LogP contribution in [0.1, 0.15) is 12.8 Å². The van der Waals surface area contributed by atoms with Gasteiger partial charge in [-0.05, 0) is 19.4 Å². The Kier molecular flexibility index (Phi) is 1.91. The minimum absolute atomic E-state index is 0.476. The maximum Gasteiger partial charge on any atom is 0.0346 e. The normalized spacial score (nSPS) is 28.9. The van der Waals surface area contributed by atoms with Crippen molar-refractivity contribution in [1.29, 1.82) is 0 Å². The molecule has 0 bridgehead atoms. The summed E-state index contributed by atoms with van der Waals surface area (Å²) in [5, 5.41) is 2.61. The van der Waals surface area contributed by atoms with Gasteiger partial charge < -0.3 is 19.7 Å². The Hall–Kier alpha value is 0.110. The molecule has 0 saturated carbocycles. The molecule has 0 aromatic heterocycles. The van der Waals surface area contributed by atoms with Crippen LogP contribution in [0, 0.1) is 0 Å². The SMILES string of the molecule is O=P([O-])([O-])C1CCCN1. The molecule has 0 spiro atoms. The zero-order chi connectivity index (χ0) is 6.91. The Bertz CT molecular complexity index is 137. The highest BCUT2D eigenvalue weighted by Crippen LogP contribution is 2.34. The van der Waals surface area contributed by atoms with Gasteiger partial charge in [0.2, 0.25) is 0 Å². The first-order valence-corrected chi connectivity index (χ1v) is 4.47. The van der Waals surface area contributed by atoms with Gasteiger partial charge in [0.1, 0.15) is 0 Å². The van der Waals surface area contributed by atoms with E-state index >= 15 is 0 Å². The molecule has 1 fully saturated rings. The zero-order valence-corrected chi connectivity index (χ0v) is 5.77. The molecule has 0 amide bonds. The number of hydrogen-bond donors (Lipinski definition) is 1. The summed E-state index contributed by atoms with van der Waals surface area (Å²) in [4.78, 5) is 20.5. The van der Waals surface area contributed by atoms with Crippen LogP contribution in [0.15, 0.2) is 0 Å². The fourth-order valence-electron chi connectivity index (χ4n) is 0.936. The largest absolute Gasteiger partial charge is 0.810 e. The minimum atomic E-state index is -4.32. The topological polar surface area (TPSA) is 75.2 Å². The lowest BCUT2D eigenvalue weighted by molar-refractivity contribution is -0.317. The molecule has 1 aliphatic rings. The van der Waals surface area contributed by atoms with E-state index in [1.54, 1.807) is 0 Å². The standard InChI is InChI=1S/C4H10NO3P/c6-9(7,8)4-2-1-3-5-4/h4-5H,1-3H2,(H2,6,7,8)/p-2. The molecule has 9 heavy (non-hydrogen) atoms. The second kappa shape index (κ2) is 2.39. The number of hydrogen-bond acceptors (Lipinski definition) is 4. The molecular weight excluding hydrogens is 141 g/mol. The molecule has 5 heteroatoms. The Morgan fingerprint density at radius 3 is 2.44 bits per heavy atom. The van der Waals surface area contributed by atoms with Gasteiger partial charge in [0.25, 0.3) is 0 Å². The second-order valence-electron chi connectivity index (χ2n) is 2.15. The van der Waals surface area contributed by atoms with Crippen LogP contribution < -0.4 is 15.1 Å². The van der Waals surface area contributed by atoms with Gasteiger partial charge >= 0.3 is 0 Å². The van der Waals surface area contributed by atoms with E-state index in [2.05, 4.69) is 5.32 Å². The van der Waals surface area contributed by atoms with E-state index < -0.39 is 13.4 Å². The van der Waals surface area contributed by atoms with E-state index in [9.17, 15) is 14.4 Å². The molecule has 0 aromatic carbocycles. The van der Waals surface area contributed by atoms with Crippen molar-refractivity contribution in [2.45, 2.75) is 18.6 Å². The highest BCUT2D eigenvalue weighted by atomic mass is 31.2. The van der Waals surface area contributed by atoms with Crippen LogP contribution in [0.25, 0.3) is 0 Å². The monoisotopic (exact) mass is 149 g/mol. The first-order chi connectivity index (χ1) is 4.11. The summed E-state index contributed by atoms with van der Waals surface area (Å²) in [6.45, 7) is 0.652. The summed E-state index contributed by atoms with van der Waals surface area (Å²) in [6, 6.07) is 0. The van der Waals surface area contributed by atoms with Gasteiger partial charge in [-0.15, -0.1) is 0 Å². The third kappa shape index (κ3) is 1.76. The fraction of sp³-hybridized carbons (Fsp3) is 1.00. The Labute approximate surface area is 53.4 Å². The quantitative estimate of drug-likeness (QED) is 0.465. The van der Waals surface area contributed by atoms with Crippen molar-refractivity contribution in [2.24, 2.45) is 0 Å². The van der Waals surface area contributed by atoms with Gasteiger partial charge in [-0.1, -0.05) is 7.60 Å². The van der Waals surface area contributed by atoms with Gasteiger partial charge in [0, 0.05) is 5.78 Å². The van der Waals surface area contributed by atoms with Gasteiger partial charge in [-0.2, -0.15) is 0 Å². The molecule has 0 aliphatic carbocycles. The predicted octanol–water partition coefficient (Wildman–Crippen LogP) is -1.39. The smallest absolute Gasteiger partial charge is 0.0346 e. The van der Waals surface area contributed by atoms with Crippen molar-refractivity contribution in [3.63, 3.8) is 0 Å².